The highest BCUT2D eigenvalue weighted by atomic mass is 17.0. The number of likely N-dealkylation sites (N-methyl/N-ethyl adjacent to an activating group) is 2. The van der Waals surface area contributed by atoms with Crippen LogP contribution in [-0.4, -0.2) is 111 Å². The molecule has 0 spiro atoms. The molecular formula is C18H30N6O12. The van der Waals surface area contributed by atoms with E-state index < -0.39 is 46.4 Å². The van der Waals surface area contributed by atoms with Gasteiger partial charge < -0.3 is 29.8 Å². The van der Waals surface area contributed by atoms with E-state index in [1.165, 1.54) is 38.0 Å². The Kier molecular flexibility index (Phi) is 15.4. The fraction of sp³-hybridized carbons (Fsp3) is 0.667. The quantitative estimate of drug-likeness (QED) is 0.0488. The average Bonchev–Trinajstić information content (AvgIpc) is 2.77. The zero-order valence-electron chi connectivity index (χ0n) is 20.2. The molecule has 0 aromatic rings. The molecule has 2 atom stereocenters. The Hall–Kier alpha value is -4.06. The summed E-state index contributed by atoms with van der Waals surface area (Å²) in [5.41, 5.74) is 0. The van der Waals surface area contributed by atoms with Gasteiger partial charge in [-0.2, -0.15) is 0 Å². The van der Waals surface area contributed by atoms with Gasteiger partial charge in [-0.3, -0.25) is 19.4 Å². The molecule has 2 N–H and O–H groups in total. The number of carbonyl (C=O) groups excluding carboxylic acids is 4. The molecule has 0 saturated carbocycles. The van der Waals surface area contributed by atoms with Crippen LogP contribution in [0.1, 0.15) is 12.8 Å². The first-order chi connectivity index (χ1) is 16.8. The zero-order valence-corrected chi connectivity index (χ0v) is 20.2. The van der Waals surface area contributed by atoms with E-state index in [1.54, 1.807) is 0 Å². The van der Waals surface area contributed by atoms with Gasteiger partial charge in [0.15, 0.2) is 0 Å². The standard InChI is InChI=1S/C18H30N6O12/c1-21(2)17(15(27)19-9-5-11-33-23(29)30)35-13(25)7-8-14(26)36-18(22(3)4)16(28)20-10-6-12-34-24(31)32/h7-8,17-18H,5-6,9-12H2,1-4H3,(H,19,27)(H,20,28)/b8-7+. The maximum absolute atomic E-state index is 12.2. The van der Waals surface area contributed by atoms with Crippen LogP contribution in [0.3, 0.4) is 0 Å². The highest BCUT2D eigenvalue weighted by Crippen LogP contribution is 2.01. The topological polar surface area (TPSA) is 222 Å². The summed E-state index contributed by atoms with van der Waals surface area (Å²) < 4.78 is 10.0. The summed E-state index contributed by atoms with van der Waals surface area (Å²) in [7, 11) is 5.81. The minimum atomic E-state index is -1.37. The van der Waals surface area contributed by atoms with Crippen molar-refractivity contribution in [3.63, 3.8) is 0 Å². The molecule has 0 aliphatic heterocycles. The lowest BCUT2D eigenvalue weighted by molar-refractivity contribution is -0.757. The molecule has 2 amide bonds. The fourth-order valence-electron chi connectivity index (χ4n) is 2.24. The van der Waals surface area contributed by atoms with Gasteiger partial charge >= 0.3 is 11.9 Å². The molecule has 0 heterocycles. The lowest BCUT2D eigenvalue weighted by Gasteiger charge is -2.23. The van der Waals surface area contributed by atoms with Gasteiger partial charge in [-0.15, -0.1) is 20.2 Å². The Morgan fingerprint density at radius 2 is 1.08 bits per heavy atom. The lowest BCUT2D eigenvalue weighted by atomic mass is 10.4. The molecule has 204 valence electrons. The number of amides is 2. The Balaban J connectivity index is 4.71. The Morgan fingerprint density at radius 3 is 1.36 bits per heavy atom. The molecule has 0 fully saturated rings. The summed E-state index contributed by atoms with van der Waals surface area (Å²) in [4.78, 5) is 79.4. The second-order valence-electron chi connectivity index (χ2n) is 7.24. The first-order valence-corrected chi connectivity index (χ1v) is 10.4. The molecule has 0 saturated heterocycles. The summed E-state index contributed by atoms with van der Waals surface area (Å²) in [6.45, 7) is -0.417. The van der Waals surface area contributed by atoms with E-state index >= 15 is 0 Å². The van der Waals surface area contributed by atoms with Gasteiger partial charge in [0, 0.05) is 25.2 Å². The third kappa shape index (κ3) is 15.0. The van der Waals surface area contributed by atoms with Gasteiger partial charge in [0.2, 0.25) is 12.5 Å². The monoisotopic (exact) mass is 522 g/mol. The number of carbonyl (C=O) groups is 4. The molecule has 18 heteroatoms. The summed E-state index contributed by atoms with van der Waals surface area (Å²) in [5, 5.41) is 23.1. The second-order valence-corrected chi connectivity index (χ2v) is 7.24. The predicted molar refractivity (Wildman–Crippen MR) is 117 cm³/mol. The van der Waals surface area contributed by atoms with Crippen LogP contribution in [0, 0.1) is 20.2 Å². The smallest absolute Gasteiger partial charge is 0.333 e. The molecule has 0 rings (SSSR count). The Labute approximate surface area is 205 Å². The van der Waals surface area contributed by atoms with Crippen molar-refractivity contribution in [2.45, 2.75) is 25.3 Å². The molecule has 0 bridgehead atoms. The van der Waals surface area contributed by atoms with Crippen LogP contribution < -0.4 is 10.6 Å². The van der Waals surface area contributed by atoms with Crippen LogP contribution in [0.15, 0.2) is 12.2 Å². The molecule has 18 nitrogen and oxygen atoms in total. The first kappa shape index (κ1) is 31.9. The van der Waals surface area contributed by atoms with E-state index in [2.05, 4.69) is 20.3 Å². The molecule has 0 aromatic heterocycles. The van der Waals surface area contributed by atoms with Crippen molar-refractivity contribution in [1.29, 1.82) is 0 Å². The third-order valence-corrected chi connectivity index (χ3v) is 3.83. The average molecular weight is 522 g/mol. The molecule has 0 radical (unpaired) electrons. The predicted octanol–water partition coefficient (Wildman–Crippen LogP) is -2.17. The zero-order chi connectivity index (χ0) is 27.7. The van der Waals surface area contributed by atoms with Crippen LogP contribution in [0.2, 0.25) is 0 Å². The number of esters is 2. The number of hydrogen-bond acceptors (Lipinski definition) is 14. The normalized spacial score (nSPS) is 12.5. The van der Waals surface area contributed by atoms with Gasteiger partial charge in [0.1, 0.15) is 0 Å². The van der Waals surface area contributed by atoms with E-state index in [9.17, 15) is 39.4 Å². The number of rotatable bonds is 18. The second kappa shape index (κ2) is 17.4. The molecular weight excluding hydrogens is 492 g/mol. The van der Waals surface area contributed by atoms with Gasteiger partial charge in [-0.1, -0.05) is 0 Å². The molecule has 0 aromatic carbocycles. The minimum Gasteiger partial charge on any atom is -0.433 e. The van der Waals surface area contributed by atoms with Crippen molar-refractivity contribution in [3.05, 3.63) is 32.4 Å². The fourth-order valence-corrected chi connectivity index (χ4v) is 2.24. The molecule has 0 aliphatic rings. The summed E-state index contributed by atoms with van der Waals surface area (Å²) >= 11 is 0. The number of nitrogens with one attached hydrogen (secondary N) is 2. The Morgan fingerprint density at radius 1 is 0.750 bits per heavy atom. The van der Waals surface area contributed by atoms with Crippen molar-refractivity contribution >= 4 is 23.8 Å². The van der Waals surface area contributed by atoms with Crippen molar-refractivity contribution in [3.8, 4) is 0 Å². The van der Waals surface area contributed by atoms with Gasteiger partial charge in [0.25, 0.3) is 22.0 Å². The van der Waals surface area contributed by atoms with E-state index in [-0.39, 0.29) is 39.1 Å². The SMILES string of the molecule is CN(C)C(OC(=O)/C=C/C(=O)OC(C(=O)NCCCO[N+](=O)[O-])N(C)C)C(=O)NCCCO[N+](=O)[O-]. The maximum atomic E-state index is 12.2. The maximum Gasteiger partial charge on any atom is 0.333 e. The first-order valence-electron chi connectivity index (χ1n) is 10.4. The van der Waals surface area contributed by atoms with E-state index in [0.717, 1.165) is 0 Å². The van der Waals surface area contributed by atoms with Crippen molar-refractivity contribution < 1.29 is 48.5 Å². The van der Waals surface area contributed by atoms with E-state index in [0.29, 0.717) is 12.2 Å². The summed E-state index contributed by atoms with van der Waals surface area (Å²) in [6.07, 6.45) is -1.05. The molecule has 36 heavy (non-hydrogen) atoms. The van der Waals surface area contributed by atoms with Crippen LogP contribution in [0.25, 0.3) is 0 Å². The van der Waals surface area contributed by atoms with Crippen LogP contribution >= 0.6 is 0 Å². The van der Waals surface area contributed by atoms with Crippen molar-refractivity contribution in [2.75, 3.05) is 54.5 Å². The number of hydrogen-bond donors (Lipinski definition) is 2. The lowest BCUT2D eigenvalue weighted by Crippen LogP contribution is -2.46. The van der Waals surface area contributed by atoms with Gasteiger partial charge in [-0.25, -0.2) is 9.59 Å². The highest BCUT2D eigenvalue weighted by molar-refractivity contribution is 5.94. The highest BCUT2D eigenvalue weighted by Gasteiger charge is 2.26. The van der Waals surface area contributed by atoms with Gasteiger partial charge in [-0.05, 0) is 41.0 Å². The van der Waals surface area contributed by atoms with Crippen LogP contribution in [0.4, 0.5) is 0 Å². The summed E-state index contributed by atoms with van der Waals surface area (Å²) in [6, 6.07) is 0. The molecule has 2 unspecified atom stereocenters. The third-order valence-electron chi connectivity index (χ3n) is 3.83. The van der Waals surface area contributed by atoms with Crippen LogP contribution in [0.5, 0.6) is 0 Å². The van der Waals surface area contributed by atoms with Crippen LogP contribution in [-0.2, 0) is 38.3 Å². The number of nitrogens with zero attached hydrogens (tertiary/aromatic N) is 4. The van der Waals surface area contributed by atoms with E-state index in [4.69, 9.17) is 9.47 Å². The number of ether oxygens (including phenoxy) is 2. The summed E-state index contributed by atoms with van der Waals surface area (Å²) in [5.74, 6) is -3.54. The van der Waals surface area contributed by atoms with Crippen molar-refractivity contribution in [2.24, 2.45) is 0 Å². The minimum absolute atomic E-state index is 0.0213. The Bertz CT molecular complexity index is 739. The largest absolute Gasteiger partial charge is 0.433 e. The van der Waals surface area contributed by atoms with Crippen molar-refractivity contribution in [1.82, 2.24) is 20.4 Å². The van der Waals surface area contributed by atoms with Gasteiger partial charge in [0.05, 0.1) is 13.2 Å². The van der Waals surface area contributed by atoms with E-state index in [1.807, 2.05) is 0 Å². The molecule has 0 aliphatic carbocycles.